The van der Waals surface area contributed by atoms with Gasteiger partial charge in [-0.05, 0) is 30.7 Å². The van der Waals surface area contributed by atoms with E-state index in [1.165, 1.54) is 41.6 Å². The Labute approximate surface area is 178 Å². The summed E-state index contributed by atoms with van der Waals surface area (Å²) >= 11 is 6.14. The Morgan fingerprint density at radius 2 is 1.84 bits per heavy atom. The number of carbonyl (C=O) groups excluding carboxylic acids is 1. The maximum absolute atomic E-state index is 13.8. The molecule has 158 valence electrons. The maximum atomic E-state index is 13.8. The topological polar surface area (TPSA) is 90.5 Å². The molecular weight excluding hydrogens is 435 g/mol. The van der Waals surface area contributed by atoms with Crippen LogP contribution in [0.4, 0.5) is 18.9 Å². The molecule has 4 aromatic rings. The molecule has 1 aromatic carbocycles. The zero-order valence-corrected chi connectivity index (χ0v) is 16.6. The number of halogens is 4. The summed E-state index contributed by atoms with van der Waals surface area (Å²) in [6.07, 6.45) is 0.146. The van der Waals surface area contributed by atoms with Crippen molar-refractivity contribution in [1.82, 2.24) is 29.8 Å². The molecule has 0 atom stereocenters. The highest BCUT2D eigenvalue weighted by atomic mass is 35.5. The summed E-state index contributed by atoms with van der Waals surface area (Å²) in [5, 5.41) is 14.1. The molecule has 4 rings (SSSR count). The predicted molar refractivity (Wildman–Crippen MR) is 105 cm³/mol. The summed E-state index contributed by atoms with van der Waals surface area (Å²) in [6, 6.07) is 7.70. The number of alkyl halides is 3. The second kappa shape index (κ2) is 7.84. The van der Waals surface area contributed by atoms with Crippen molar-refractivity contribution in [3.05, 3.63) is 77.0 Å². The molecule has 0 unspecified atom stereocenters. The Kier molecular flexibility index (Phi) is 5.19. The molecule has 0 aliphatic carbocycles. The Balaban J connectivity index is 1.67. The zero-order chi connectivity index (χ0) is 22.2. The molecule has 0 saturated heterocycles. The molecule has 0 aliphatic heterocycles. The van der Waals surface area contributed by atoms with Crippen LogP contribution in [-0.4, -0.2) is 35.7 Å². The number of rotatable bonds is 4. The Morgan fingerprint density at radius 3 is 2.48 bits per heavy atom. The number of nitrogens with one attached hydrogen (secondary N) is 1. The highest BCUT2D eigenvalue weighted by molar-refractivity contribution is 6.32. The molecule has 0 bridgehead atoms. The van der Waals surface area contributed by atoms with Crippen LogP contribution in [0.3, 0.4) is 0 Å². The number of benzene rings is 1. The third-order valence-electron chi connectivity index (χ3n) is 4.22. The summed E-state index contributed by atoms with van der Waals surface area (Å²) in [5.74, 6) is -0.804. The van der Waals surface area contributed by atoms with E-state index in [2.05, 4.69) is 25.6 Å². The highest BCUT2D eigenvalue weighted by Gasteiger charge is 2.40. The lowest BCUT2D eigenvalue weighted by Gasteiger charge is -2.13. The number of hydrogen-bond donors (Lipinski definition) is 1. The van der Waals surface area contributed by atoms with Crippen LogP contribution in [0.5, 0.6) is 0 Å². The average Bonchev–Trinajstić information content (AvgIpc) is 3.38. The van der Waals surface area contributed by atoms with E-state index in [0.717, 1.165) is 11.8 Å². The minimum Gasteiger partial charge on any atom is -0.320 e. The molecule has 3 heterocycles. The van der Waals surface area contributed by atoms with Gasteiger partial charge in [-0.25, -0.2) is 9.67 Å². The lowest BCUT2D eigenvalue weighted by molar-refractivity contribution is -0.143. The molecule has 0 aliphatic rings. The first-order valence-electron chi connectivity index (χ1n) is 8.80. The Bertz CT molecular complexity index is 1250. The second-order valence-corrected chi connectivity index (χ2v) is 6.86. The molecule has 3 aromatic heterocycles. The average molecular weight is 448 g/mol. The van der Waals surface area contributed by atoms with Gasteiger partial charge in [0.2, 0.25) is 0 Å². The Morgan fingerprint density at radius 1 is 1.10 bits per heavy atom. The number of hydrogen-bond acceptors (Lipinski definition) is 5. The fraction of sp³-hybridized carbons (Fsp3) is 0.105. The van der Waals surface area contributed by atoms with Crippen LogP contribution >= 0.6 is 11.6 Å². The summed E-state index contributed by atoms with van der Waals surface area (Å²) in [7, 11) is 0. The highest BCUT2D eigenvalue weighted by Crippen LogP contribution is 2.34. The predicted octanol–water partition coefficient (Wildman–Crippen LogP) is 4.08. The Hall–Kier alpha value is -3.73. The molecule has 0 fully saturated rings. The molecule has 0 radical (unpaired) electrons. The van der Waals surface area contributed by atoms with E-state index in [1.807, 2.05) is 0 Å². The van der Waals surface area contributed by atoms with E-state index in [-0.39, 0.29) is 22.2 Å². The van der Waals surface area contributed by atoms with Crippen molar-refractivity contribution in [3.63, 3.8) is 0 Å². The van der Waals surface area contributed by atoms with Crippen molar-refractivity contribution in [2.75, 3.05) is 5.32 Å². The lowest BCUT2D eigenvalue weighted by atomic mass is 10.2. The monoisotopic (exact) mass is 447 g/mol. The molecule has 0 spiro atoms. The number of anilines is 1. The zero-order valence-electron chi connectivity index (χ0n) is 15.8. The van der Waals surface area contributed by atoms with Crippen molar-refractivity contribution in [3.8, 4) is 11.5 Å². The smallest absolute Gasteiger partial charge is 0.320 e. The van der Waals surface area contributed by atoms with E-state index in [0.29, 0.717) is 4.68 Å². The SMILES string of the molecule is Cc1cccc(-n2ncc(C(=O)Nc3cnc(-n4nccn4)c(Cl)c3)c2C(F)(F)F)c1. The van der Waals surface area contributed by atoms with Gasteiger partial charge in [0.15, 0.2) is 11.5 Å². The van der Waals surface area contributed by atoms with Crippen LogP contribution in [0, 0.1) is 6.92 Å². The van der Waals surface area contributed by atoms with Gasteiger partial charge >= 0.3 is 6.18 Å². The van der Waals surface area contributed by atoms with Gasteiger partial charge in [0, 0.05) is 0 Å². The van der Waals surface area contributed by atoms with Crippen molar-refractivity contribution in [2.45, 2.75) is 13.1 Å². The van der Waals surface area contributed by atoms with Gasteiger partial charge in [-0.2, -0.15) is 28.5 Å². The van der Waals surface area contributed by atoms with E-state index in [1.54, 1.807) is 19.1 Å². The molecule has 8 nitrogen and oxygen atoms in total. The summed E-state index contributed by atoms with van der Waals surface area (Å²) in [5.41, 5.74) is -0.788. The van der Waals surface area contributed by atoms with Crippen LogP contribution in [0.25, 0.3) is 11.5 Å². The normalized spacial score (nSPS) is 11.5. The van der Waals surface area contributed by atoms with Crippen molar-refractivity contribution < 1.29 is 18.0 Å². The van der Waals surface area contributed by atoms with Crippen molar-refractivity contribution >= 4 is 23.2 Å². The van der Waals surface area contributed by atoms with Gasteiger partial charge in [-0.3, -0.25) is 4.79 Å². The summed E-state index contributed by atoms with van der Waals surface area (Å²) < 4.78 is 42.1. The van der Waals surface area contributed by atoms with Crippen molar-refractivity contribution in [2.24, 2.45) is 0 Å². The number of amides is 1. The molecular formula is C19H13ClF3N7O. The molecule has 31 heavy (non-hydrogen) atoms. The first-order valence-corrected chi connectivity index (χ1v) is 9.17. The third-order valence-corrected chi connectivity index (χ3v) is 4.49. The lowest BCUT2D eigenvalue weighted by Crippen LogP contribution is -2.21. The van der Waals surface area contributed by atoms with Crippen LogP contribution in [0.2, 0.25) is 5.02 Å². The van der Waals surface area contributed by atoms with Crippen LogP contribution < -0.4 is 5.32 Å². The van der Waals surface area contributed by atoms with Gasteiger partial charge in [0.05, 0.1) is 46.7 Å². The van der Waals surface area contributed by atoms with Gasteiger partial charge in [0.1, 0.15) is 0 Å². The van der Waals surface area contributed by atoms with Gasteiger partial charge in [-0.15, -0.1) is 4.80 Å². The largest absolute Gasteiger partial charge is 0.434 e. The van der Waals surface area contributed by atoms with E-state index in [4.69, 9.17) is 11.6 Å². The number of aryl methyl sites for hydroxylation is 1. The standard InChI is InChI=1S/C19H13ClF3N7O/c1-11-3-2-4-13(7-11)29-16(19(21,22)23)14(10-27-29)18(31)28-12-8-15(20)17(24-9-12)30-25-5-6-26-30/h2-10H,1H3,(H,28,31). The minimum atomic E-state index is -4.82. The van der Waals surface area contributed by atoms with E-state index in [9.17, 15) is 18.0 Å². The third kappa shape index (κ3) is 4.12. The number of nitrogens with zero attached hydrogens (tertiary/aromatic N) is 6. The minimum absolute atomic E-state index is 0.0977. The van der Waals surface area contributed by atoms with E-state index >= 15 is 0 Å². The molecule has 1 amide bonds. The number of aromatic nitrogens is 6. The second-order valence-electron chi connectivity index (χ2n) is 6.46. The molecule has 1 N–H and O–H groups in total. The summed E-state index contributed by atoms with van der Waals surface area (Å²) in [6.45, 7) is 1.74. The first-order chi connectivity index (χ1) is 14.7. The fourth-order valence-electron chi connectivity index (χ4n) is 2.91. The van der Waals surface area contributed by atoms with Gasteiger partial charge in [0.25, 0.3) is 5.91 Å². The van der Waals surface area contributed by atoms with Gasteiger partial charge in [-0.1, -0.05) is 23.7 Å². The molecule has 0 saturated carbocycles. The first kappa shape index (κ1) is 20.5. The number of pyridine rings is 1. The fourth-order valence-corrected chi connectivity index (χ4v) is 3.15. The van der Waals surface area contributed by atoms with Gasteiger partial charge < -0.3 is 5.32 Å². The van der Waals surface area contributed by atoms with Crippen LogP contribution in [-0.2, 0) is 6.18 Å². The number of carbonyl (C=O) groups is 1. The summed E-state index contributed by atoms with van der Waals surface area (Å²) in [4.78, 5) is 17.9. The quantitative estimate of drug-likeness (QED) is 0.509. The van der Waals surface area contributed by atoms with Crippen LogP contribution in [0.15, 0.2) is 55.1 Å². The van der Waals surface area contributed by atoms with E-state index < -0.39 is 23.3 Å². The molecule has 12 heteroatoms. The van der Waals surface area contributed by atoms with Crippen molar-refractivity contribution in [1.29, 1.82) is 0 Å². The van der Waals surface area contributed by atoms with Crippen LogP contribution in [0.1, 0.15) is 21.6 Å². The maximum Gasteiger partial charge on any atom is 0.434 e.